The number of carboxylic acid groups (broad SMARTS) is 1. The maximum Gasteiger partial charge on any atom is 0.352 e. The molecule has 4 N–H and O–H groups in total. The number of aromatic carboxylic acids is 1. The van der Waals surface area contributed by atoms with Crippen molar-refractivity contribution in [1.29, 1.82) is 0 Å². The summed E-state index contributed by atoms with van der Waals surface area (Å²) >= 11 is 0. The fraction of sp³-hybridized carbons (Fsp3) is 0.167. The number of carbonyl (C=O) groups is 1. The summed E-state index contributed by atoms with van der Waals surface area (Å²) < 4.78 is 0. The van der Waals surface area contributed by atoms with Crippen molar-refractivity contribution >= 4 is 16.9 Å². The Balaban J connectivity index is 2.15. The normalized spacial score (nSPS) is 11.0. The molecule has 0 spiro atoms. The molecule has 2 aromatic carbocycles. The van der Waals surface area contributed by atoms with Crippen LogP contribution in [0, 0.1) is 0 Å². The first-order valence-electron chi connectivity index (χ1n) is 7.34. The molecule has 0 atom stereocenters. The number of nitrogens with two attached hydrogens (primary N) is 1. The van der Waals surface area contributed by atoms with E-state index in [-0.39, 0.29) is 5.69 Å². The standard InChI is InChI=1S/C18H18N2O2/c19-10-4-7-14-15-11-13(12-5-2-1-3-6-12)8-9-16(15)20-17(14)18(21)22/h1-3,5-6,8-9,11,20H,4,7,10,19H2,(H,21,22). The van der Waals surface area contributed by atoms with Gasteiger partial charge >= 0.3 is 5.97 Å². The fourth-order valence-electron chi connectivity index (χ4n) is 2.78. The molecule has 4 nitrogen and oxygen atoms in total. The number of fused-ring (bicyclic) bond motifs is 1. The van der Waals surface area contributed by atoms with E-state index in [0.717, 1.165) is 34.0 Å². The number of nitrogens with one attached hydrogen (secondary N) is 1. The van der Waals surface area contributed by atoms with Crippen LogP contribution in [0.5, 0.6) is 0 Å². The average Bonchev–Trinajstić information content (AvgIpc) is 2.91. The molecule has 3 aromatic rings. The highest BCUT2D eigenvalue weighted by Crippen LogP contribution is 2.29. The van der Waals surface area contributed by atoms with Crippen LogP contribution in [-0.2, 0) is 6.42 Å². The molecule has 0 fully saturated rings. The van der Waals surface area contributed by atoms with E-state index in [2.05, 4.69) is 11.1 Å². The molecule has 0 radical (unpaired) electrons. The second-order valence-electron chi connectivity index (χ2n) is 5.30. The van der Waals surface area contributed by atoms with E-state index >= 15 is 0 Å². The zero-order valence-electron chi connectivity index (χ0n) is 12.2. The number of aromatic amines is 1. The highest BCUT2D eigenvalue weighted by atomic mass is 16.4. The summed E-state index contributed by atoms with van der Waals surface area (Å²) in [5.41, 5.74) is 9.74. The van der Waals surface area contributed by atoms with Gasteiger partial charge in [0.05, 0.1) is 0 Å². The Morgan fingerprint density at radius 1 is 1.09 bits per heavy atom. The van der Waals surface area contributed by atoms with Gasteiger partial charge in [-0.15, -0.1) is 0 Å². The second kappa shape index (κ2) is 6.03. The highest BCUT2D eigenvalue weighted by molar-refractivity contribution is 5.98. The maximum atomic E-state index is 11.4. The predicted molar refractivity (Wildman–Crippen MR) is 88.1 cm³/mol. The molecule has 0 saturated carbocycles. The van der Waals surface area contributed by atoms with Crippen molar-refractivity contribution in [3.05, 3.63) is 59.8 Å². The van der Waals surface area contributed by atoms with Gasteiger partial charge in [-0.1, -0.05) is 36.4 Å². The van der Waals surface area contributed by atoms with Crippen molar-refractivity contribution in [3.63, 3.8) is 0 Å². The fourth-order valence-corrected chi connectivity index (χ4v) is 2.78. The Bertz CT molecular complexity index is 807. The molecule has 0 aliphatic rings. The van der Waals surface area contributed by atoms with Crippen molar-refractivity contribution in [2.24, 2.45) is 5.73 Å². The second-order valence-corrected chi connectivity index (χ2v) is 5.30. The Kier molecular flexibility index (Phi) is 3.94. The van der Waals surface area contributed by atoms with E-state index in [1.165, 1.54) is 0 Å². The van der Waals surface area contributed by atoms with Gasteiger partial charge in [0.15, 0.2) is 0 Å². The molecule has 1 aromatic heterocycles. The van der Waals surface area contributed by atoms with Crippen LogP contribution in [0.1, 0.15) is 22.5 Å². The van der Waals surface area contributed by atoms with Crippen LogP contribution in [0.15, 0.2) is 48.5 Å². The zero-order valence-corrected chi connectivity index (χ0v) is 12.2. The molecule has 4 heteroatoms. The molecule has 0 aliphatic carbocycles. The maximum absolute atomic E-state index is 11.4. The van der Waals surface area contributed by atoms with Crippen LogP contribution in [0.25, 0.3) is 22.0 Å². The third-order valence-corrected chi connectivity index (χ3v) is 3.86. The minimum atomic E-state index is -0.926. The molecule has 3 rings (SSSR count). The Morgan fingerprint density at radius 3 is 2.55 bits per heavy atom. The molecular weight excluding hydrogens is 276 g/mol. The van der Waals surface area contributed by atoms with Gasteiger partial charge in [0.2, 0.25) is 0 Å². The molecule has 0 unspecified atom stereocenters. The molecular formula is C18H18N2O2. The molecule has 0 aliphatic heterocycles. The van der Waals surface area contributed by atoms with E-state index in [1.54, 1.807) is 0 Å². The third kappa shape index (κ3) is 2.61. The van der Waals surface area contributed by atoms with Crippen LogP contribution in [0.3, 0.4) is 0 Å². The van der Waals surface area contributed by atoms with Crippen LogP contribution in [0.2, 0.25) is 0 Å². The summed E-state index contributed by atoms with van der Waals surface area (Å²) in [5, 5.41) is 10.4. The van der Waals surface area contributed by atoms with E-state index in [4.69, 9.17) is 5.73 Å². The summed E-state index contributed by atoms with van der Waals surface area (Å²) in [7, 11) is 0. The third-order valence-electron chi connectivity index (χ3n) is 3.86. The number of H-pyrrole nitrogens is 1. The van der Waals surface area contributed by atoms with Gasteiger partial charge in [0, 0.05) is 10.9 Å². The van der Waals surface area contributed by atoms with Gasteiger partial charge in [-0.05, 0) is 48.2 Å². The van der Waals surface area contributed by atoms with Gasteiger partial charge in [-0.3, -0.25) is 0 Å². The van der Waals surface area contributed by atoms with E-state index in [0.29, 0.717) is 13.0 Å². The van der Waals surface area contributed by atoms with Crippen molar-refractivity contribution in [2.45, 2.75) is 12.8 Å². The summed E-state index contributed by atoms with van der Waals surface area (Å²) in [4.78, 5) is 14.5. The predicted octanol–water partition coefficient (Wildman–Crippen LogP) is 3.42. The SMILES string of the molecule is NCCCc1c(C(=O)O)[nH]c2ccc(-c3ccccc3)cc12. The summed E-state index contributed by atoms with van der Waals surface area (Å²) in [6, 6.07) is 16.1. The van der Waals surface area contributed by atoms with Gasteiger partial charge < -0.3 is 15.8 Å². The van der Waals surface area contributed by atoms with Crippen LogP contribution in [0.4, 0.5) is 0 Å². The van der Waals surface area contributed by atoms with Crippen molar-refractivity contribution in [3.8, 4) is 11.1 Å². The average molecular weight is 294 g/mol. The number of hydrogen-bond acceptors (Lipinski definition) is 2. The zero-order chi connectivity index (χ0) is 15.5. The quantitative estimate of drug-likeness (QED) is 0.674. The Labute approximate surface area is 128 Å². The van der Waals surface area contributed by atoms with Crippen LogP contribution >= 0.6 is 0 Å². The minimum Gasteiger partial charge on any atom is -0.477 e. The number of benzene rings is 2. The van der Waals surface area contributed by atoms with Crippen molar-refractivity contribution < 1.29 is 9.90 Å². The van der Waals surface area contributed by atoms with Gasteiger partial charge in [-0.2, -0.15) is 0 Å². The van der Waals surface area contributed by atoms with Gasteiger partial charge in [0.25, 0.3) is 0 Å². The van der Waals surface area contributed by atoms with Crippen LogP contribution < -0.4 is 5.73 Å². The molecule has 112 valence electrons. The summed E-state index contributed by atoms with van der Waals surface area (Å²) in [6.45, 7) is 0.546. The lowest BCUT2D eigenvalue weighted by Gasteiger charge is -2.04. The summed E-state index contributed by atoms with van der Waals surface area (Å²) in [5.74, 6) is -0.926. The first-order chi connectivity index (χ1) is 10.7. The molecule has 0 amide bonds. The molecule has 0 saturated heterocycles. The number of carboxylic acids is 1. The summed E-state index contributed by atoms with van der Waals surface area (Å²) in [6.07, 6.45) is 1.43. The van der Waals surface area contributed by atoms with Crippen LogP contribution in [-0.4, -0.2) is 22.6 Å². The molecule has 0 bridgehead atoms. The van der Waals surface area contributed by atoms with Crippen molar-refractivity contribution in [2.75, 3.05) is 6.54 Å². The lowest BCUT2D eigenvalue weighted by molar-refractivity contribution is 0.0690. The Hall–Kier alpha value is -2.59. The smallest absolute Gasteiger partial charge is 0.352 e. The van der Waals surface area contributed by atoms with Crippen molar-refractivity contribution in [1.82, 2.24) is 4.98 Å². The van der Waals surface area contributed by atoms with E-state index in [9.17, 15) is 9.90 Å². The monoisotopic (exact) mass is 294 g/mol. The lowest BCUT2D eigenvalue weighted by atomic mass is 10.00. The molecule has 1 heterocycles. The Morgan fingerprint density at radius 2 is 1.86 bits per heavy atom. The van der Waals surface area contributed by atoms with E-state index < -0.39 is 5.97 Å². The number of hydrogen-bond donors (Lipinski definition) is 3. The van der Waals surface area contributed by atoms with Gasteiger partial charge in [0.1, 0.15) is 5.69 Å². The number of aromatic nitrogens is 1. The molecule has 22 heavy (non-hydrogen) atoms. The lowest BCUT2D eigenvalue weighted by Crippen LogP contribution is -2.05. The van der Waals surface area contributed by atoms with Gasteiger partial charge in [-0.25, -0.2) is 4.79 Å². The number of rotatable bonds is 5. The number of aryl methyl sites for hydroxylation is 1. The topological polar surface area (TPSA) is 79.1 Å². The minimum absolute atomic E-state index is 0.272. The first kappa shape index (κ1) is 14.4. The van der Waals surface area contributed by atoms with E-state index in [1.807, 2.05) is 42.5 Å². The first-order valence-corrected chi connectivity index (χ1v) is 7.34. The largest absolute Gasteiger partial charge is 0.477 e. The highest BCUT2D eigenvalue weighted by Gasteiger charge is 2.17.